The highest BCUT2D eigenvalue weighted by molar-refractivity contribution is 6.30. The van der Waals surface area contributed by atoms with Crippen LogP contribution in [0.2, 0.25) is 5.02 Å². The first kappa shape index (κ1) is 16.1. The number of nitrogen functional groups attached to an aromatic ring is 1. The molecule has 0 radical (unpaired) electrons. The maximum Gasteiger partial charge on any atom is 0.333 e. The number of carbonyl (C=O) groups is 1. The lowest BCUT2D eigenvalue weighted by Gasteiger charge is -2.08. The van der Waals surface area contributed by atoms with Crippen molar-refractivity contribution in [1.82, 2.24) is 4.73 Å². The van der Waals surface area contributed by atoms with E-state index in [4.69, 9.17) is 22.2 Å². The van der Waals surface area contributed by atoms with Crippen LogP contribution in [0.4, 0.5) is 5.69 Å². The lowest BCUT2D eigenvalue weighted by Crippen LogP contribution is -2.30. The summed E-state index contributed by atoms with van der Waals surface area (Å²) in [4.78, 5) is 29.5. The van der Waals surface area contributed by atoms with Crippen molar-refractivity contribution in [2.75, 3.05) is 5.73 Å². The maximum atomic E-state index is 12.3. The summed E-state index contributed by atoms with van der Waals surface area (Å²) in [5.74, 6) is -0.490. The summed E-state index contributed by atoms with van der Waals surface area (Å²) in [6.07, 6.45) is 2.07. The lowest BCUT2D eigenvalue weighted by atomic mass is 10.1. The summed E-state index contributed by atoms with van der Waals surface area (Å²) in [6.45, 7) is 0. The Balaban J connectivity index is 1.72. The van der Waals surface area contributed by atoms with Crippen molar-refractivity contribution in [3.8, 4) is 0 Å². The van der Waals surface area contributed by atoms with Crippen molar-refractivity contribution in [3.63, 3.8) is 0 Å². The highest BCUT2D eigenvalue weighted by atomic mass is 35.5. The fourth-order valence-corrected chi connectivity index (χ4v) is 2.53. The van der Waals surface area contributed by atoms with Crippen molar-refractivity contribution in [2.24, 2.45) is 0 Å². The molecule has 2 N–H and O–H groups in total. The summed E-state index contributed by atoms with van der Waals surface area (Å²) in [7, 11) is 0. The number of hydrogen-bond acceptors (Lipinski definition) is 4. The number of aryl methyl sites for hydroxylation is 1. The molecule has 0 saturated heterocycles. The van der Waals surface area contributed by atoms with Gasteiger partial charge in [0.05, 0.1) is 11.8 Å². The summed E-state index contributed by atoms with van der Waals surface area (Å²) in [5.41, 5.74) is 6.89. The van der Waals surface area contributed by atoms with Gasteiger partial charge in [-0.25, -0.2) is 4.79 Å². The number of aromatic nitrogens is 1. The highest BCUT2D eigenvalue weighted by Crippen LogP contribution is 2.16. The molecule has 5 nitrogen and oxygen atoms in total. The van der Waals surface area contributed by atoms with Gasteiger partial charge < -0.3 is 10.6 Å². The van der Waals surface area contributed by atoms with E-state index in [-0.39, 0.29) is 6.42 Å². The van der Waals surface area contributed by atoms with Gasteiger partial charge >= 0.3 is 5.97 Å². The smallest absolute Gasteiger partial charge is 0.333 e. The second-order valence-corrected chi connectivity index (χ2v) is 5.78. The van der Waals surface area contributed by atoms with Crippen LogP contribution in [0.25, 0.3) is 10.8 Å². The largest absolute Gasteiger partial charge is 0.398 e. The zero-order chi connectivity index (χ0) is 17.1. The van der Waals surface area contributed by atoms with Crippen LogP contribution < -0.4 is 16.1 Å². The molecule has 0 amide bonds. The van der Waals surface area contributed by atoms with Crippen LogP contribution >= 0.6 is 11.6 Å². The van der Waals surface area contributed by atoms with Crippen molar-refractivity contribution in [2.45, 2.75) is 12.8 Å². The van der Waals surface area contributed by atoms with Gasteiger partial charge in [-0.1, -0.05) is 29.8 Å². The van der Waals surface area contributed by atoms with Crippen molar-refractivity contribution < 1.29 is 9.63 Å². The first-order chi connectivity index (χ1) is 11.5. The molecule has 0 unspecified atom stereocenters. The molecule has 0 aliphatic carbocycles. The van der Waals surface area contributed by atoms with Gasteiger partial charge in [-0.3, -0.25) is 4.79 Å². The standard InChI is InChI=1S/C18H15ClN2O3/c19-13-7-4-12(5-8-13)6-9-17(22)24-21-11-10-14-15(18(21)23)2-1-3-16(14)20/h1-5,7-8,10-11H,6,9,20H2. The number of anilines is 1. The van der Waals surface area contributed by atoms with Crippen LogP contribution in [0.5, 0.6) is 0 Å². The fourth-order valence-electron chi connectivity index (χ4n) is 2.41. The number of hydrogen-bond donors (Lipinski definition) is 1. The van der Waals surface area contributed by atoms with Crippen LogP contribution in [0.1, 0.15) is 12.0 Å². The monoisotopic (exact) mass is 342 g/mol. The quantitative estimate of drug-likeness (QED) is 0.740. The fraction of sp³-hybridized carbons (Fsp3) is 0.111. The van der Waals surface area contributed by atoms with Crippen LogP contribution in [0.3, 0.4) is 0 Å². The van der Waals surface area contributed by atoms with Crippen molar-refractivity contribution in [1.29, 1.82) is 0 Å². The van der Waals surface area contributed by atoms with E-state index in [1.807, 2.05) is 12.1 Å². The molecule has 0 spiro atoms. The van der Waals surface area contributed by atoms with Gasteiger partial charge in [0.15, 0.2) is 0 Å². The van der Waals surface area contributed by atoms with Gasteiger partial charge in [0.1, 0.15) is 0 Å². The zero-order valence-corrected chi connectivity index (χ0v) is 13.5. The number of halogens is 1. The summed E-state index contributed by atoms with van der Waals surface area (Å²) < 4.78 is 0.936. The number of fused-ring (bicyclic) bond motifs is 1. The maximum absolute atomic E-state index is 12.3. The van der Waals surface area contributed by atoms with E-state index in [0.717, 1.165) is 10.3 Å². The van der Waals surface area contributed by atoms with Gasteiger partial charge in [-0.05, 0) is 42.3 Å². The van der Waals surface area contributed by atoms with Crippen LogP contribution in [-0.2, 0) is 11.2 Å². The summed E-state index contributed by atoms with van der Waals surface area (Å²) in [6, 6.07) is 13.9. The van der Waals surface area contributed by atoms with E-state index < -0.39 is 11.5 Å². The minimum atomic E-state index is -0.490. The number of benzene rings is 2. The number of rotatable bonds is 4. The second-order valence-electron chi connectivity index (χ2n) is 5.34. The first-order valence-corrected chi connectivity index (χ1v) is 7.78. The zero-order valence-electron chi connectivity index (χ0n) is 12.7. The molecule has 1 heterocycles. The third-order valence-electron chi connectivity index (χ3n) is 3.68. The van der Waals surface area contributed by atoms with Crippen molar-refractivity contribution in [3.05, 3.63) is 75.7 Å². The second kappa shape index (κ2) is 6.76. The Morgan fingerprint density at radius 1 is 1.08 bits per heavy atom. The molecule has 0 bridgehead atoms. The predicted molar refractivity (Wildman–Crippen MR) is 94.0 cm³/mol. The van der Waals surface area contributed by atoms with E-state index in [2.05, 4.69) is 0 Å². The molecule has 24 heavy (non-hydrogen) atoms. The SMILES string of the molecule is Nc1cccc2c(=O)n(OC(=O)CCc3ccc(Cl)cc3)ccc12. The third-order valence-corrected chi connectivity index (χ3v) is 3.93. The van der Waals surface area contributed by atoms with Crippen LogP contribution in [-0.4, -0.2) is 10.7 Å². The number of pyridine rings is 1. The van der Waals surface area contributed by atoms with E-state index in [1.54, 1.807) is 36.4 Å². The van der Waals surface area contributed by atoms with Crippen molar-refractivity contribution >= 4 is 34.0 Å². The molecule has 3 rings (SSSR count). The molecule has 6 heteroatoms. The molecule has 1 aromatic heterocycles. The molecular weight excluding hydrogens is 328 g/mol. The third kappa shape index (κ3) is 3.41. The molecule has 0 fully saturated rings. The minimum Gasteiger partial charge on any atom is -0.398 e. The molecule has 2 aromatic carbocycles. The molecule has 3 aromatic rings. The Morgan fingerprint density at radius 3 is 2.58 bits per heavy atom. The Kier molecular flexibility index (Phi) is 4.53. The van der Waals surface area contributed by atoms with Gasteiger partial charge in [-0.15, -0.1) is 4.73 Å². The summed E-state index contributed by atoms with van der Waals surface area (Å²) >= 11 is 5.82. The van der Waals surface area contributed by atoms with E-state index >= 15 is 0 Å². The van der Waals surface area contributed by atoms with Gasteiger partial charge in [-0.2, -0.15) is 0 Å². The van der Waals surface area contributed by atoms with Crippen LogP contribution in [0, 0.1) is 0 Å². The Bertz CT molecular complexity index is 949. The molecule has 0 aliphatic rings. The first-order valence-electron chi connectivity index (χ1n) is 7.40. The predicted octanol–water partition coefficient (Wildman–Crippen LogP) is 2.83. The van der Waals surface area contributed by atoms with E-state index in [1.165, 1.54) is 6.20 Å². The normalized spacial score (nSPS) is 10.7. The lowest BCUT2D eigenvalue weighted by molar-refractivity contribution is -0.144. The average molecular weight is 343 g/mol. The van der Waals surface area contributed by atoms with Crippen LogP contribution in [0.15, 0.2) is 59.5 Å². The van der Waals surface area contributed by atoms with E-state index in [9.17, 15) is 9.59 Å². The minimum absolute atomic E-state index is 0.156. The molecule has 0 aliphatic heterocycles. The van der Waals surface area contributed by atoms with Gasteiger partial charge in [0, 0.05) is 22.3 Å². The van der Waals surface area contributed by atoms with E-state index in [0.29, 0.717) is 27.9 Å². The average Bonchev–Trinajstić information content (AvgIpc) is 2.57. The topological polar surface area (TPSA) is 74.3 Å². The molecule has 0 saturated carbocycles. The Morgan fingerprint density at radius 2 is 1.83 bits per heavy atom. The molecule has 0 atom stereocenters. The van der Waals surface area contributed by atoms with Gasteiger partial charge in [0.2, 0.25) is 0 Å². The molecular formula is C18H15ClN2O3. The Hall–Kier alpha value is -2.79. The number of nitrogens with two attached hydrogens (primary N) is 1. The summed E-state index contributed by atoms with van der Waals surface area (Å²) in [5, 5.41) is 1.68. The van der Waals surface area contributed by atoms with Gasteiger partial charge in [0.25, 0.3) is 5.56 Å². The highest BCUT2D eigenvalue weighted by Gasteiger charge is 2.10. The number of carbonyl (C=O) groups excluding carboxylic acids is 1. The number of nitrogens with zero attached hydrogens (tertiary/aromatic N) is 1. The molecule has 122 valence electrons. The Labute approximate surface area is 143 Å².